The minimum absolute atomic E-state index is 0.0852. The van der Waals surface area contributed by atoms with Crippen molar-refractivity contribution in [2.45, 2.75) is 52.3 Å². The largest absolute Gasteiger partial charge is 0.496 e. The lowest BCUT2D eigenvalue weighted by Crippen LogP contribution is -2.48. The highest BCUT2D eigenvalue weighted by atomic mass is 16.5. The molecule has 1 heterocycles. The zero-order valence-corrected chi connectivity index (χ0v) is 16.5. The molecule has 1 aromatic carbocycles. The van der Waals surface area contributed by atoms with Gasteiger partial charge in [0, 0.05) is 36.7 Å². The number of nitrogens with zero attached hydrogens (tertiary/aromatic N) is 1. The Labute approximate surface area is 155 Å². The van der Waals surface area contributed by atoms with Crippen molar-refractivity contribution in [2.24, 2.45) is 4.99 Å². The molecule has 0 fully saturated rings. The lowest BCUT2D eigenvalue weighted by atomic mass is 10.1. The third kappa shape index (κ3) is 5.54. The maximum absolute atomic E-state index is 11.9. The molecule has 0 bridgehead atoms. The van der Waals surface area contributed by atoms with Crippen LogP contribution in [0.2, 0.25) is 0 Å². The van der Waals surface area contributed by atoms with Gasteiger partial charge in [-0.25, -0.2) is 0 Å². The lowest BCUT2D eigenvalue weighted by molar-refractivity contribution is -0.121. The highest BCUT2D eigenvalue weighted by Gasteiger charge is 2.21. The van der Waals surface area contributed by atoms with Gasteiger partial charge in [0.25, 0.3) is 0 Å². The van der Waals surface area contributed by atoms with Gasteiger partial charge in [0.05, 0.1) is 13.7 Å². The van der Waals surface area contributed by atoms with E-state index in [2.05, 4.69) is 27.9 Å². The van der Waals surface area contributed by atoms with Crippen molar-refractivity contribution in [3.63, 3.8) is 0 Å². The Morgan fingerprint density at radius 1 is 1.35 bits per heavy atom. The summed E-state index contributed by atoms with van der Waals surface area (Å²) in [7, 11) is 3.33. The molecule has 7 nitrogen and oxygen atoms in total. The van der Waals surface area contributed by atoms with Crippen LogP contribution in [0.15, 0.2) is 17.1 Å². The summed E-state index contributed by atoms with van der Waals surface area (Å²) in [6, 6.07) is 4.03. The lowest BCUT2D eigenvalue weighted by Gasteiger charge is -2.21. The predicted molar refractivity (Wildman–Crippen MR) is 103 cm³/mol. The first-order chi connectivity index (χ1) is 12.2. The van der Waals surface area contributed by atoms with E-state index < -0.39 is 0 Å². The fraction of sp³-hybridized carbons (Fsp3) is 0.579. The Kier molecular flexibility index (Phi) is 6.34. The molecule has 0 radical (unpaired) electrons. The minimum atomic E-state index is -0.259. The molecule has 0 spiro atoms. The fourth-order valence-electron chi connectivity index (χ4n) is 2.84. The number of fused-ring (bicyclic) bond motifs is 1. The summed E-state index contributed by atoms with van der Waals surface area (Å²) < 4.78 is 11.3. The van der Waals surface area contributed by atoms with Crippen molar-refractivity contribution >= 4 is 11.9 Å². The molecule has 0 aromatic heterocycles. The Morgan fingerprint density at radius 2 is 2.08 bits per heavy atom. The van der Waals surface area contributed by atoms with Crippen LogP contribution in [0.4, 0.5) is 0 Å². The molecule has 2 rings (SSSR count). The molecule has 144 valence electrons. The number of rotatable bonds is 5. The van der Waals surface area contributed by atoms with E-state index in [1.807, 2.05) is 32.9 Å². The first-order valence-corrected chi connectivity index (χ1v) is 8.84. The van der Waals surface area contributed by atoms with Gasteiger partial charge in [-0.05, 0) is 39.8 Å². The number of guanidine groups is 1. The van der Waals surface area contributed by atoms with Crippen LogP contribution in [0.1, 0.15) is 38.8 Å². The van der Waals surface area contributed by atoms with E-state index >= 15 is 0 Å². The van der Waals surface area contributed by atoms with Crippen LogP contribution in [-0.2, 0) is 17.8 Å². The van der Waals surface area contributed by atoms with Crippen LogP contribution in [0.3, 0.4) is 0 Å². The molecule has 26 heavy (non-hydrogen) atoms. The summed E-state index contributed by atoms with van der Waals surface area (Å²) >= 11 is 0. The second-order valence-electron chi connectivity index (χ2n) is 7.48. The van der Waals surface area contributed by atoms with Crippen molar-refractivity contribution in [3.8, 4) is 11.5 Å². The van der Waals surface area contributed by atoms with E-state index in [1.54, 1.807) is 14.2 Å². The molecule has 1 unspecified atom stereocenters. The van der Waals surface area contributed by atoms with Crippen LogP contribution in [0, 0.1) is 0 Å². The molecule has 1 aliphatic heterocycles. The zero-order valence-electron chi connectivity index (χ0n) is 16.5. The number of carbonyl (C=O) groups excluding carboxylic acids is 1. The SMILES string of the molecule is CN=C(NCC(=O)NC(C)(C)C)NCc1cc2c(cc1OC)CC(C)O2. The Balaban J connectivity index is 1.94. The molecule has 1 aliphatic rings. The van der Waals surface area contributed by atoms with Gasteiger partial charge in [0.1, 0.15) is 17.6 Å². The van der Waals surface area contributed by atoms with Gasteiger partial charge < -0.3 is 25.4 Å². The summed E-state index contributed by atoms with van der Waals surface area (Å²) in [5.41, 5.74) is 1.88. The molecule has 1 aromatic rings. The highest BCUT2D eigenvalue weighted by Crippen LogP contribution is 2.34. The third-order valence-electron chi connectivity index (χ3n) is 3.90. The van der Waals surface area contributed by atoms with Crippen LogP contribution in [0.5, 0.6) is 11.5 Å². The molecule has 3 N–H and O–H groups in total. The second-order valence-corrected chi connectivity index (χ2v) is 7.48. The third-order valence-corrected chi connectivity index (χ3v) is 3.90. The van der Waals surface area contributed by atoms with Gasteiger partial charge in [-0.1, -0.05) is 0 Å². The number of aliphatic imine (C=N–C) groups is 1. The van der Waals surface area contributed by atoms with Crippen LogP contribution in [-0.4, -0.2) is 44.2 Å². The van der Waals surface area contributed by atoms with E-state index in [-0.39, 0.29) is 24.1 Å². The molecule has 0 saturated heterocycles. The standard InChI is InChI=1S/C19H30N4O3/c1-12-7-13-8-15(25-6)14(9-16(13)26-12)10-21-18(20-5)22-11-17(24)23-19(2,3)4/h8-9,12H,7,10-11H2,1-6H3,(H,23,24)(H2,20,21,22). The maximum atomic E-state index is 11.9. The van der Waals surface area contributed by atoms with Crippen LogP contribution in [0.25, 0.3) is 0 Å². The number of hydrogen-bond acceptors (Lipinski definition) is 4. The predicted octanol–water partition coefficient (Wildman–Crippen LogP) is 1.60. The van der Waals surface area contributed by atoms with E-state index in [1.165, 1.54) is 5.56 Å². The van der Waals surface area contributed by atoms with E-state index in [4.69, 9.17) is 9.47 Å². The molecule has 1 atom stereocenters. The molecular formula is C19H30N4O3. The van der Waals surface area contributed by atoms with Crippen molar-refractivity contribution in [1.29, 1.82) is 0 Å². The Bertz CT molecular complexity index is 680. The summed E-state index contributed by atoms with van der Waals surface area (Å²) in [5.74, 6) is 2.18. The quantitative estimate of drug-likeness (QED) is 0.547. The summed E-state index contributed by atoms with van der Waals surface area (Å²) in [5, 5.41) is 9.12. The van der Waals surface area contributed by atoms with Crippen molar-refractivity contribution < 1.29 is 14.3 Å². The van der Waals surface area contributed by atoms with E-state index in [9.17, 15) is 4.79 Å². The molecule has 1 amide bonds. The number of benzene rings is 1. The average Bonchev–Trinajstić information content (AvgIpc) is 2.91. The first-order valence-electron chi connectivity index (χ1n) is 8.84. The van der Waals surface area contributed by atoms with E-state index in [0.717, 1.165) is 23.5 Å². The number of nitrogens with one attached hydrogen (secondary N) is 3. The number of hydrogen-bond donors (Lipinski definition) is 3. The summed E-state index contributed by atoms with van der Waals surface area (Å²) in [4.78, 5) is 16.1. The van der Waals surface area contributed by atoms with Crippen molar-refractivity contribution in [2.75, 3.05) is 20.7 Å². The fourth-order valence-corrected chi connectivity index (χ4v) is 2.84. The van der Waals surface area contributed by atoms with Gasteiger partial charge in [0.15, 0.2) is 5.96 Å². The van der Waals surface area contributed by atoms with E-state index in [0.29, 0.717) is 12.5 Å². The number of methoxy groups -OCH3 is 1. The molecular weight excluding hydrogens is 332 g/mol. The zero-order chi connectivity index (χ0) is 19.3. The molecule has 0 saturated carbocycles. The topological polar surface area (TPSA) is 84.0 Å². The molecule has 7 heteroatoms. The highest BCUT2D eigenvalue weighted by molar-refractivity contribution is 5.86. The van der Waals surface area contributed by atoms with Gasteiger partial charge in [-0.15, -0.1) is 0 Å². The summed E-state index contributed by atoms with van der Waals surface area (Å²) in [6.45, 7) is 8.55. The Hall–Kier alpha value is -2.44. The van der Waals surface area contributed by atoms with Crippen molar-refractivity contribution in [3.05, 3.63) is 23.3 Å². The summed E-state index contributed by atoms with van der Waals surface area (Å²) in [6.07, 6.45) is 1.08. The maximum Gasteiger partial charge on any atom is 0.239 e. The number of carbonyl (C=O) groups is 1. The molecule has 0 aliphatic carbocycles. The average molecular weight is 362 g/mol. The van der Waals surface area contributed by atoms with Crippen LogP contribution >= 0.6 is 0 Å². The number of ether oxygens (including phenoxy) is 2. The Morgan fingerprint density at radius 3 is 2.69 bits per heavy atom. The monoisotopic (exact) mass is 362 g/mol. The second kappa shape index (κ2) is 8.29. The van der Waals surface area contributed by atoms with Crippen LogP contribution < -0.4 is 25.4 Å². The minimum Gasteiger partial charge on any atom is -0.496 e. The van der Waals surface area contributed by atoms with Gasteiger partial charge >= 0.3 is 0 Å². The van der Waals surface area contributed by atoms with Gasteiger partial charge in [-0.3, -0.25) is 9.79 Å². The van der Waals surface area contributed by atoms with Gasteiger partial charge in [-0.2, -0.15) is 0 Å². The normalized spacial score (nSPS) is 16.5. The van der Waals surface area contributed by atoms with Crippen molar-refractivity contribution in [1.82, 2.24) is 16.0 Å². The first kappa shape index (κ1) is 19.9. The smallest absolute Gasteiger partial charge is 0.239 e. The van der Waals surface area contributed by atoms with Gasteiger partial charge in [0.2, 0.25) is 5.91 Å². The number of amides is 1.